The highest BCUT2D eigenvalue weighted by Gasteiger charge is 2.20. The molecule has 0 saturated heterocycles. The second-order valence-electron chi connectivity index (χ2n) is 4.90. The van der Waals surface area contributed by atoms with Gasteiger partial charge >= 0.3 is 5.97 Å². The summed E-state index contributed by atoms with van der Waals surface area (Å²) >= 11 is 11.6. The van der Waals surface area contributed by atoms with Gasteiger partial charge in [-0.1, -0.05) is 23.2 Å². The first-order valence-electron chi connectivity index (χ1n) is 6.80. The molecule has 2 aromatic carbocycles. The highest BCUT2D eigenvalue weighted by atomic mass is 35.5. The van der Waals surface area contributed by atoms with Crippen molar-refractivity contribution in [2.45, 2.75) is 13.0 Å². The Labute approximate surface area is 147 Å². The number of hydrogen-bond acceptors (Lipinski definition) is 4. The van der Waals surface area contributed by atoms with Crippen LogP contribution in [-0.4, -0.2) is 18.0 Å². The molecule has 126 valence electrons. The molecule has 0 bridgehead atoms. The molecule has 0 heterocycles. The summed E-state index contributed by atoms with van der Waals surface area (Å²) in [6.45, 7) is 1.39. The van der Waals surface area contributed by atoms with E-state index in [0.717, 1.165) is 12.1 Å². The molecule has 0 saturated carbocycles. The van der Waals surface area contributed by atoms with Crippen molar-refractivity contribution in [1.29, 1.82) is 0 Å². The fourth-order valence-corrected chi connectivity index (χ4v) is 2.11. The Morgan fingerprint density at radius 2 is 1.88 bits per heavy atom. The largest absolute Gasteiger partial charge is 0.449 e. The van der Waals surface area contributed by atoms with Crippen LogP contribution in [0.4, 0.5) is 15.8 Å². The van der Waals surface area contributed by atoms with E-state index in [2.05, 4.69) is 5.32 Å². The average Bonchev–Trinajstić information content (AvgIpc) is 2.52. The first-order valence-corrected chi connectivity index (χ1v) is 7.55. The van der Waals surface area contributed by atoms with Gasteiger partial charge in [-0.15, -0.1) is 0 Å². The summed E-state index contributed by atoms with van der Waals surface area (Å²) in [5, 5.41) is 2.80. The molecule has 0 radical (unpaired) electrons. The highest BCUT2D eigenvalue weighted by Crippen LogP contribution is 2.23. The molecule has 2 rings (SSSR count). The molecule has 2 aromatic rings. The molecule has 0 fully saturated rings. The molecule has 1 atom stereocenters. The van der Waals surface area contributed by atoms with E-state index in [-0.39, 0.29) is 22.0 Å². The first kappa shape index (κ1) is 18.0. The van der Waals surface area contributed by atoms with Crippen molar-refractivity contribution in [3.8, 4) is 0 Å². The van der Waals surface area contributed by atoms with Gasteiger partial charge in [0.2, 0.25) is 0 Å². The number of carbonyl (C=O) groups is 2. The molecule has 5 nitrogen and oxygen atoms in total. The second kappa shape index (κ2) is 7.51. The van der Waals surface area contributed by atoms with E-state index in [1.807, 2.05) is 0 Å². The fourth-order valence-electron chi connectivity index (χ4n) is 1.78. The van der Waals surface area contributed by atoms with E-state index in [9.17, 15) is 14.0 Å². The maximum atomic E-state index is 13.0. The van der Waals surface area contributed by atoms with Crippen LogP contribution in [0.1, 0.15) is 17.3 Å². The minimum absolute atomic E-state index is 0.0346. The minimum Gasteiger partial charge on any atom is -0.449 e. The van der Waals surface area contributed by atoms with Gasteiger partial charge < -0.3 is 15.8 Å². The summed E-state index contributed by atoms with van der Waals surface area (Å²) in [4.78, 5) is 24.1. The third-order valence-corrected chi connectivity index (χ3v) is 3.73. The monoisotopic (exact) mass is 370 g/mol. The van der Waals surface area contributed by atoms with E-state index in [0.29, 0.717) is 5.02 Å². The van der Waals surface area contributed by atoms with Gasteiger partial charge in [0.05, 0.1) is 27.0 Å². The number of halogens is 3. The van der Waals surface area contributed by atoms with Crippen molar-refractivity contribution in [2.75, 3.05) is 11.1 Å². The molecule has 8 heteroatoms. The molecule has 3 N–H and O–H groups in total. The Hall–Kier alpha value is -2.31. The van der Waals surface area contributed by atoms with Gasteiger partial charge in [-0.3, -0.25) is 4.79 Å². The quantitative estimate of drug-likeness (QED) is 0.631. The normalized spacial score (nSPS) is 11.7. The van der Waals surface area contributed by atoms with Crippen LogP contribution in [0.2, 0.25) is 10.0 Å². The molecular weight excluding hydrogens is 358 g/mol. The maximum absolute atomic E-state index is 13.0. The minimum atomic E-state index is -1.10. The van der Waals surface area contributed by atoms with E-state index in [4.69, 9.17) is 33.7 Å². The molecule has 0 spiro atoms. The molecule has 0 aromatic heterocycles. The van der Waals surface area contributed by atoms with Crippen molar-refractivity contribution < 1.29 is 18.7 Å². The second-order valence-corrected chi connectivity index (χ2v) is 5.71. The third kappa shape index (κ3) is 4.37. The summed E-state index contributed by atoms with van der Waals surface area (Å²) < 4.78 is 18.0. The summed E-state index contributed by atoms with van der Waals surface area (Å²) in [6.07, 6.45) is -1.10. The lowest BCUT2D eigenvalue weighted by atomic mass is 10.2. The molecule has 0 aliphatic carbocycles. The molecule has 0 unspecified atom stereocenters. The zero-order valence-corrected chi connectivity index (χ0v) is 14.0. The van der Waals surface area contributed by atoms with Gasteiger partial charge in [0.25, 0.3) is 5.91 Å². The SMILES string of the molecule is C[C@@H](OC(=O)c1ccc(Cl)c(N)c1)C(=O)Nc1ccc(F)cc1Cl. The van der Waals surface area contributed by atoms with Crippen molar-refractivity contribution in [3.05, 3.63) is 57.8 Å². The number of hydrogen-bond donors (Lipinski definition) is 2. The molecular formula is C16H13Cl2FN2O3. The summed E-state index contributed by atoms with van der Waals surface area (Å²) in [5.74, 6) is -1.87. The molecule has 0 aliphatic heterocycles. The lowest BCUT2D eigenvalue weighted by molar-refractivity contribution is -0.123. The van der Waals surface area contributed by atoms with E-state index in [1.54, 1.807) is 0 Å². The lowest BCUT2D eigenvalue weighted by Crippen LogP contribution is -2.30. The molecule has 1 amide bonds. The lowest BCUT2D eigenvalue weighted by Gasteiger charge is -2.14. The Bertz CT molecular complexity index is 799. The van der Waals surface area contributed by atoms with Crippen LogP contribution in [-0.2, 0) is 9.53 Å². The molecule has 24 heavy (non-hydrogen) atoms. The number of esters is 1. The van der Waals surface area contributed by atoms with Gasteiger partial charge in [0, 0.05) is 0 Å². The standard InChI is InChI=1S/C16H13Cl2FN2O3/c1-8(15(22)21-14-5-3-10(19)7-12(14)18)24-16(23)9-2-4-11(17)13(20)6-9/h2-8H,20H2,1H3,(H,21,22)/t8-/m1/s1. The topological polar surface area (TPSA) is 81.4 Å². The Kier molecular flexibility index (Phi) is 5.64. The van der Waals surface area contributed by atoms with Crippen molar-refractivity contribution in [3.63, 3.8) is 0 Å². The Morgan fingerprint density at radius 1 is 1.17 bits per heavy atom. The number of benzene rings is 2. The Morgan fingerprint density at radius 3 is 2.50 bits per heavy atom. The van der Waals surface area contributed by atoms with Gasteiger partial charge in [0.15, 0.2) is 6.10 Å². The summed E-state index contributed by atoms with van der Waals surface area (Å²) in [5.41, 5.74) is 6.21. The van der Waals surface area contributed by atoms with Crippen LogP contribution in [0, 0.1) is 5.82 Å². The van der Waals surface area contributed by atoms with E-state index >= 15 is 0 Å². The smallest absolute Gasteiger partial charge is 0.338 e. The number of rotatable bonds is 4. The van der Waals surface area contributed by atoms with Crippen LogP contribution in [0.5, 0.6) is 0 Å². The Balaban J connectivity index is 2.02. The van der Waals surface area contributed by atoms with Crippen LogP contribution in [0.25, 0.3) is 0 Å². The van der Waals surface area contributed by atoms with Crippen molar-refractivity contribution >= 4 is 46.5 Å². The van der Waals surface area contributed by atoms with E-state index in [1.165, 1.54) is 31.2 Å². The number of nitrogens with one attached hydrogen (secondary N) is 1. The van der Waals surface area contributed by atoms with Crippen molar-refractivity contribution in [1.82, 2.24) is 0 Å². The first-order chi connectivity index (χ1) is 11.3. The van der Waals surface area contributed by atoms with E-state index < -0.39 is 23.8 Å². The number of carbonyl (C=O) groups excluding carboxylic acids is 2. The maximum Gasteiger partial charge on any atom is 0.338 e. The third-order valence-electron chi connectivity index (χ3n) is 3.07. The van der Waals surface area contributed by atoms with Crippen LogP contribution >= 0.6 is 23.2 Å². The summed E-state index contributed by atoms with van der Waals surface area (Å²) in [6, 6.07) is 7.76. The number of anilines is 2. The van der Waals surface area contributed by atoms with Crippen LogP contribution in [0.15, 0.2) is 36.4 Å². The number of ether oxygens (including phenoxy) is 1. The average molecular weight is 371 g/mol. The van der Waals surface area contributed by atoms with Gasteiger partial charge in [0.1, 0.15) is 5.82 Å². The molecule has 0 aliphatic rings. The van der Waals surface area contributed by atoms with Gasteiger partial charge in [-0.05, 0) is 43.3 Å². The number of amides is 1. The van der Waals surface area contributed by atoms with Gasteiger partial charge in [-0.2, -0.15) is 0 Å². The number of nitrogens with two attached hydrogens (primary N) is 1. The van der Waals surface area contributed by atoms with Crippen molar-refractivity contribution in [2.24, 2.45) is 0 Å². The van der Waals surface area contributed by atoms with Crippen LogP contribution in [0.3, 0.4) is 0 Å². The summed E-state index contributed by atoms with van der Waals surface area (Å²) in [7, 11) is 0. The van der Waals surface area contributed by atoms with Gasteiger partial charge in [-0.25, -0.2) is 9.18 Å². The van der Waals surface area contributed by atoms with Crippen LogP contribution < -0.4 is 11.1 Å². The fraction of sp³-hybridized carbons (Fsp3) is 0.125. The highest BCUT2D eigenvalue weighted by molar-refractivity contribution is 6.34. The zero-order chi connectivity index (χ0) is 17.9. The predicted molar refractivity (Wildman–Crippen MR) is 90.8 cm³/mol. The predicted octanol–water partition coefficient (Wildman–Crippen LogP) is 3.90. The zero-order valence-electron chi connectivity index (χ0n) is 12.5. The number of nitrogen functional groups attached to an aromatic ring is 1.